The molecule has 0 bridgehead atoms. The summed E-state index contributed by atoms with van der Waals surface area (Å²) in [4.78, 5) is 12.5. The number of nitrogens with zero attached hydrogens (tertiary/aromatic N) is 1. The Labute approximate surface area is 181 Å². The number of aryl methyl sites for hydroxylation is 1. The summed E-state index contributed by atoms with van der Waals surface area (Å²) >= 11 is 6.08. The zero-order valence-electron chi connectivity index (χ0n) is 16.7. The van der Waals surface area contributed by atoms with Crippen molar-refractivity contribution in [3.63, 3.8) is 0 Å². The van der Waals surface area contributed by atoms with Gasteiger partial charge in [-0.05, 0) is 42.3 Å². The maximum absolute atomic E-state index is 12.6. The normalized spacial score (nSPS) is 15.3. The molecule has 160 valence electrons. The average molecular weight is 451 g/mol. The van der Waals surface area contributed by atoms with Gasteiger partial charge in [0.05, 0.1) is 30.9 Å². The third-order valence-corrected chi connectivity index (χ3v) is 6.97. The molecule has 1 amide bonds. The van der Waals surface area contributed by atoms with Crippen LogP contribution in [-0.2, 0) is 19.6 Å². The predicted octanol–water partition coefficient (Wildman–Crippen LogP) is 3.33. The van der Waals surface area contributed by atoms with E-state index >= 15 is 0 Å². The standard InChI is InChI=1S/C21H23ClN2O5S/c1-15-13-19(20(28-2)14-18(15)22)23-21(25)8-5-16-3-6-17(7-4-16)30(26,27)24-9-11-29-12-10-24/h3-8,13-14H,9-12H2,1-2H3,(H,23,25)/b8-5+. The van der Waals surface area contributed by atoms with Crippen molar-refractivity contribution < 1.29 is 22.7 Å². The van der Waals surface area contributed by atoms with Gasteiger partial charge in [-0.25, -0.2) is 8.42 Å². The molecule has 1 heterocycles. The molecular formula is C21H23ClN2O5S. The van der Waals surface area contributed by atoms with Crippen LogP contribution in [0.5, 0.6) is 5.75 Å². The summed E-state index contributed by atoms with van der Waals surface area (Å²) in [5.41, 5.74) is 2.03. The predicted molar refractivity (Wildman–Crippen MR) is 116 cm³/mol. The minimum atomic E-state index is -3.54. The van der Waals surface area contributed by atoms with Crippen LogP contribution in [0, 0.1) is 6.92 Å². The van der Waals surface area contributed by atoms with Crippen LogP contribution < -0.4 is 10.1 Å². The Hall–Kier alpha value is -2.39. The molecular weight excluding hydrogens is 428 g/mol. The molecule has 0 spiro atoms. The molecule has 1 aliphatic rings. The number of methoxy groups -OCH3 is 1. The van der Waals surface area contributed by atoms with Gasteiger partial charge in [-0.15, -0.1) is 0 Å². The number of rotatable bonds is 6. The number of hydrogen-bond acceptors (Lipinski definition) is 5. The summed E-state index contributed by atoms with van der Waals surface area (Å²) in [6.45, 7) is 3.32. The van der Waals surface area contributed by atoms with Crippen molar-refractivity contribution in [3.8, 4) is 5.75 Å². The molecule has 0 aromatic heterocycles. The number of hydrogen-bond donors (Lipinski definition) is 1. The first-order valence-corrected chi connectivity index (χ1v) is 11.1. The highest BCUT2D eigenvalue weighted by Crippen LogP contribution is 2.31. The van der Waals surface area contributed by atoms with Gasteiger partial charge >= 0.3 is 0 Å². The highest BCUT2D eigenvalue weighted by molar-refractivity contribution is 7.89. The van der Waals surface area contributed by atoms with Crippen molar-refractivity contribution in [1.82, 2.24) is 4.31 Å². The van der Waals surface area contributed by atoms with Gasteiger partial charge < -0.3 is 14.8 Å². The van der Waals surface area contributed by atoms with Crippen LogP contribution in [0.15, 0.2) is 47.4 Å². The lowest BCUT2D eigenvalue weighted by Crippen LogP contribution is -2.40. The zero-order valence-corrected chi connectivity index (χ0v) is 18.3. The van der Waals surface area contributed by atoms with Gasteiger partial charge in [0.1, 0.15) is 5.75 Å². The van der Waals surface area contributed by atoms with Gasteiger partial charge in [-0.3, -0.25) is 4.79 Å². The van der Waals surface area contributed by atoms with E-state index in [4.69, 9.17) is 21.1 Å². The second kappa shape index (κ2) is 9.61. The second-order valence-electron chi connectivity index (χ2n) is 6.71. The molecule has 1 N–H and O–H groups in total. The zero-order chi connectivity index (χ0) is 21.7. The van der Waals surface area contributed by atoms with E-state index in [1.54, 1.807) is 30.3 Å². The molecule has 3 rings (SSSR count). The lowest BCUT2D eigenvalue weighted by Gasteiger charge is -2.26. The molecule has 0 atom stereocenters. The Morgan fingerprint density at radius 3 is 2.50 bits per heavy atom. The quantitative estimate of drug-likeness (QED) is 0.682. The highest BCUT2D eigenvalue weighted by Gasteiger charge is 2.25. The van der Waals surface area contributed by atoms with Crippen molar-refractivity contribution in [1.29, 1.82) is 0 Å². The summed E-state index contributed by atoms with van der Waals surface area (Å²) in [5, 5.41) is 3.30. The number of nitrogens with one attached hydrogen (secondary N) is 1. The number of halogens is 1. The van der Waals surface area contributed by atoms with E-state index < -0.39 is 10.0 Å². The second-order valence-corrected chi connectivity index (χ2v) is 9.05. The summed E-state index contributed by atoms with van der Waals surface area (Å²) in [6, 6.07) is 9.76. The molecule has 1 saturated heterocycles. The van der Waals surface area contributed by atoms with Gasteiger partial charge in [0, 0.05) is 30.3 Å². The molecule has 7 nitrogen and oxygen atoms in total. The summed E-state index contributed by atoms with van der Waals surface area (Å²) in [5.74, 6) is 0.116. The third-order valence-electron chi connectivity index (χ3n) is 4.65. The Balaban J connectivity index is 1.68. The number of ether oxygens (including phenoxy) is 2. The van der Waals surface area contributed by atoms with E-state index in [-0.39, 0.29) is 10.8 Å². The minimum absolute atomic E-state index is 0.215. The molecule has 1 aliphatic heterocycles. The first kappa shape index (κ1) is 22.3. The fourth-order valence-corrected chi connectivity index (χ4v) is 4.52. The van der Waals surface area contributed by atoms with Crippen LogP contribution in [0.2, 0.25) is 5.02 Å². The van der Waals surface area contributed by atoms with E-state index in [0.29, 0.717) is 48.3 Å². The maximum Gasteiger partial charge on any atom is 0.248 e. The van der Waals surface area contributed by atoms with Crippen molar-refractivity contribution >= 4 is 39.3 Å². The van der Waals surface area contributed by atoms with Crippen LogP contribution >= 0.6 is 11.6 Å². The topological polar surface area (TPSA) is 84.9 Å². The SMILES string of the molecule is COc1cc(Cl)c(C)cc1NC(=O)/C=C/c1ccc(S(=O)(=O)N2CCOCC2)cc1. The molecule has 30 heavy (non-hydrogen) atoms. The van der Waals surface area contributed by atoms with Gasteiger partial charge in [0.2, 0.25) is 15.9 Å². The number of benzene rings is 2. The van der Waals surface area contributed by atoms with Gasteiger partial charge in [0.15, 0.2) is 0 Å². The largest absolute Gasteiger partial charge is 0.495 e. The van der Waals surface area contributed by atoms with Crippen molar-refractivity contribution in [3.05, 3.63) is 58.6 Å². The first-order chi connectivity index (χ1) is 14.3. The monoisotopic (exact) mass is 450 g/mol. The summed E-state index contributed by atoms with van der Waals surface area (Å²) < 4.78 is 37.2. The number of carbonyl (C=O) groups excluding carboxylic acids is 1. The lowest BCUT2D eigenvalue weighted by molar-refractivity contribution is -0.111. The molecule has 0 aliphatic carbocycles. The Bertz CT molecular complexity index is 1050. The van der Waals surface area contributed by atoms with Crippen LogP contribution in [0.1, 0.15) is 11.1 Å². The molecule has 0 radical (unpaired) electrons. The van der Waals surface area contributed by atoms with Crippen LogP contribution in [0.3, 0.4) is 0 Å². The van der Waals surface area contributed by atoms with E-state index in [9.17, 15) is 13.2 Å². The highest BCUT2D eigenvalue weighted by atomic mass is 35.5. The van der Waals surface area contributed by atoms with Gasteiger partial charge in [-0.1, -0.05) is 23.7 Å². The number of morpholine rings is 1. The summed E-state index contributed by atoms with van der Waals surface area (Å²) in [7, 11) is -2.04. The van der Waals surface area contributed by atoms with Crippen LogP contribution in [0.25, 0.3) is 6.08 Å². The third kappa shape index (κ3) is 5.20. The fraction of sp³-hybridized carbons (Fsp3) is 0.286. The lowest BCUT2D eigenvalue weighted by atomic mass is 10.2. The van der Waals surface area contributed by atoms with Crippen molar-refractivity contribution in [2.24, 2.45) is 0 Å². The van der Waals surface area contributed by atoms with Crippen LogP contribution in [0.4, 0.5) is 5.69 Å². The molecule has 2 aromatic rings. The molecule has 0 unspecified atom stereocenters. The van der Waals surface area contributed by atoms with E-state index in [1.165, 1.54) is 29.6 Å². The molecule has 1 fully saturated rings. The summed E-state index contributed by atoms with van der Waals surface area (Å²) in [6.07, 6.45) is 2.98. The van der Waals surface area contributed by atoms with E-state index in [2.05, 4.69) is 5.32 Å². The van der Waals surface area contributed by atoms with Gasteiger partial charge in [0.25, 0.3) is 0 Å². The van der Waals surface area contributed by atoms with E-state index in [0.717, 1.165) is 5.56 Å². The maximum atomic E-state index is 12.6. The minimum Gasteiger partial charge on any atom is -0.495 e. The molecule has 9 heteroatoms. The fourth-order valence-electron chi connectivity index (χ4n) is 2.96. The van der Waals surface area contributed by atoms with E-state index in [1.807, 2.05) is 6.92 Å². The Kier molecular flexibility index (Phi) is 7.14. The number of sulfonamides is 1. The average Bonchev–Trinajstić information content (AvgIpc) is 2.75. The number of carbonyl (C=O) groups is 1. The number of amides is 1. The van der Waals surface area contributed by atoms with Crippen molar-refractivity contribution in [2.75, 3.05) is 38.7 Å². The smallest absolute Gasteiger partial charge is 0.248 e. The Morgan fingerprint density at radius 2 is 1.87 bits per heavy atom. The van der Waals surface area contributed by atoms with Gasteiger partial charge in [-0.2, -0.15) is 4.31 Å². The Morgan fingerprint density at radius 1 is 1.20 bits per heavy atom. The molecule has 2 aromatic carbocycles. The number of anilines is 1. The van der Waals surface area contributed by atoms with Crippen molar-refractivity contribution in [2.45, 2.75) is 11.8 Å². The molecule has 0 saturated carbocycles. The van der Waals surface area contributed by atoms with Crippen LogP contribution in [-0.4, -0.2) is 52.0 Å². The first-order valence-electron chi connectivity index (χ1n) is 9.32.